The molecule has 1 aromatic rings. The van der Waals surface area contributed by atoms with Gasteiger partial charge in [-0.2, -0.15) is 0 Å². The van der Waals surface area contributed by atoms with Crippen LogP contribution in [0.1, 0.15) is 15.9 Å². The average Bonchev–Trinajstić information content (AvgIpc) is 2.44. The zero-order valence-electron chi connectivity index (χ0n) is 11.0. The lowest BCUT2D eigenvalue weighted by molar-refractivity contribution is -0.122. The number of carbonyl (C=O) groups is 2. The number of hydrogen-bond donors (Lipinski definition) is 3. The SMILES string of the molecule is NCC#Cc1ccccc1C(=O)NCCOCC(N)=O. The minimum Gasteiger partial charge on any atom is -0.370 e. The van der Waals surface area contributed by atoms with Crippen LogP contribution in [0.25, 0.3) is 0 Å². The Balaban J connectivity index is 2.53. The first-order chi connectivity index (χ1) is 9.65. The molecule has 20 heavy (non-hydrogen) atoms. The van der Waals surface area contributed by atoms with Gasteiger partial charge in [0.2, 0.25) is 5.91 Å². The molecule has 0 aliphatic rings. The Morgan fingerprint density at radius 3 is 2.75 bits per heavy atom. The van der Waals surface area contributed by atoms with Gasteiger partial charge in [-0.3, -0.25) is 9.59 Å². The van der Waals surface area contributed by atoms with Crippen LogP contribution in [0.4, 0.5) is 0 Å². The van der Waals surface area contributed by atoms with E-state index in [-0.39, 0.29) is 32.2 Å². The molecule has 5 N–H and O–H groups in total. The van der Waals surface area contributed by atoms with Gasteiger partial charge in [0, 0.05) is 12.1 Å². The second-order valence-electron chi connectivity index (χ2n) is 3.83. The van der Waals surface area contributed by atoms with E-state index in [1.54, 1.807) is 24.3 Å². The number of primary amides is 1. The van der Waals surface area contributed by atoms with Crippen LogP contribution in [0.15, 0.2) is 24.3 Å². The molecule has 0 heterocycles. The standard InChI is InChI=1S/C14H17N3O3/c15-7-3-5-11-4-1-2-6-12(11)14(19)17-8-9-20-10-13(16)18/h1-2,4,6H,7-10,15H2,(H2,16,18)(H,17,19). The Labute approximate surface area is 117 Å². The third-order valence-electron chi connectivity index (χ3n) is 2.27. The molecule has 6 nitrogen and oxygen atoms in total. The molecular weight excluding hydrogens is 258 g/mol. The zero-order valence-corrected chi connectivity index (χ0v) is 11.0. The lowest BCUT2D eigenvalue weighted by Gasteiger charge is -2.07. The van der Waals surface area contributed by atoms with Gasteiger partial charge in [-0.15, -0.1) is 0 Å². The fourth-order valence-corrected chi connectivity index (χ4v) is 1.44. The number of rotatable bonds is 6. The molecule has 0 aromatic heterocycles. The molecule has 0 unspecified atom stereocenters. The summed E-state index contributed by atoms with van der Waals surface area (Å²) in [5.41, 5.74) is 11.3. The Morgan fingerprint density at radius 2 is 2.05 bits per heavy atom. The molecule has 1 rings (SSSR count). The number of benzene rings is 1. The molecule has 0 spiro atoms. The van der Waals surface area contributed by atoms with Crippen LogP contribution >= 0.6 is 0 Å². The van der Waals surface area contributed by atoms with Gasteiger partial charge in [-0.25, -0.2) is 0 Å². The van der Waals surface area contributed by atoms with Crippen molar-refractivity contribution in [3.05, 3.63) is 35.4 Å². The van der Waals surface area contributed by atoms with Crippen molar-refractivity contribution in [3.8, 4) is 11.8 Å². The zero-order chi connectivity index (χ0) is 14.8. The van der Waals surface area contributed by atoms with Crippen molar-refractivity contribution in [2.24, 2.45) is 11.5 Å². The number of hydrogen-bond acceptors (Lipinski definition) is 4. The molecule has 2 amide bonds. The highest BCUT2D eigenvalue weighted by atomic mass is 16.5. The molecule has 0 saturated heterocycles. The van der Waals surface area contributed by atoms with Crippen molar-refractivity contribution in [1.29, 1.82) is 0 Å². The van der Waals surface area contributed by atoms with E-state index < -0.39 is 5.91 Å². The maximum Gasteiger partial charge on any atom is 0.252 e. The first-order valence-corrected chi connectivity index (χ1v) is 6.07. The maximum atomic E-state index is 12.0. The van der Waals surface area contributed by atoms with E-state index in [2.05, 4.69) is 17.2 Å². The largest absolute Gasteiger partial charge is 0.370 e. The second kappa shape index (κ2) is 8.69. The molecule has 0 fully saturated rings. The van der Waals surface area contributed by atoms with Crippen LogP contribution < -0.4 is 16.8 Å². The predicted molar refractivity (Wildman–Crippen MR) is 74.7 cm³/mol. The summed E-state index contributed by atoms with van der Waals surface area (Å²) in [6.45, 7) is 0.571. The average molecular weight is 275 g/mol. The molecule has 106 valence electrons. The maximum absolute atomic E-state index is 12.0. The first kappa shape index (κ1) is 15.7. The van der Waals surface area contributed by atoms with Crippen molar-refractivity contribution in [2.45, 2.75) is 0 Å². The molecule has 0 bridgehead atoms. The summed E-state index contributed by atoms with van der Waals surface area (Å²) in [5, 5.41) is 2.67. The monoisotopic (exact) mass is 275 g/mol. The first-order valence-electron chi connectivity index (χ1n) is 6.07. The number of carbonyl (C=O) groups excluding carboxylic acids is 2. The summed E-state index contributed by atoms with van der Waals surface area (Å²) in [7, 11) is 0. The van der Waals surface area contributed by atoms with Gasteiger partial charge >= 0.3 is 0 Å². The smallest absolute Gasteiger partial charge is 0.252 e. The molecule has 6 heteroatoms. The van der Waals surface area contributed by atoms with E-state index >= 15 is 0 Å². The van der Waals surface area contributed by atoms with Crippen molar-refractivity contribution < 1.29 is 14.3 Å². The van der Waals surface area contributed by atoms with E-state index in [4.69, 9.17) is 16.2 Å². The fourth-order valence-electron chi connectivity index (χ4n) is 1.44. The van der Waals surface area contributed by atoms with Crippen molar-refractivity contribution in [2.75, 3.05) is 26.3 Å². The molecule has 0 aliphatic carbocycles. The van der Waals surface area contributed by atoms with Crippen LogP contribution in [0.3, 0.4) is 0 Å². The number of ether oxygens (including phenoxy) is 1. The summed E-state index contributed by atoms with van der Waals surface area (Å²) in [6, 6.07) is 6.99. The van der Waals surface area contributed by atoms with Crippen molar-refractivity contribution in [1.82, 2.24) is 5.32 Å². The predicted octanol–water partition coefficient (Wildman–Crippen LogP) is -0.771. The molecule has 0 aliphatic heterocycles. The minimum absolute atomic E-state index is 0.158. The fraction of sp³-hybridized carbons (Fsp3) is 0.286. The van der Waals surface area contributed by atoms with E-state index in [1.807, 2.05) is 0 Å². The highest BCUT2D eigenvalue weighted by molar-refractivity contribution is 5.96. The summed E-state index contributed by atoms with van der Waals surface area (Å²) < 4.78 is 4.94. The van der Waals surface area contributed by atoms with Crippen LogP contribution in [0.5, 0.6) is 0 Å². The van der Waals surface area contributed by atoms with E-state index in [9.17, 15) is 9.59 Å². The topological polar surface area (TPSA) is 107 Å². The third-order valence-corrected chi connectivity index (χ3v) is 2.27. The van der Waals surface area contributed by atoms with Crippen LogP contribution in [-0.4, -0.2) is 38.1 Å². The third kappa shape index (κ3) is 5.52. The van der Waals surface area contributed by atoms with Gasteiger partial charge in [0.25, 0.3) is 5.91 Å². The molecule has 1 aromatic carbocycles. The molecular formula is C14H17N3O3. The second-order valence-corrected chi connectivity index (χ2v) is 3.83. The minimum atomic E-state index is -0.543. The lowest BCUT2D eigenvalue weighted by atomic mass is 10.1. The Kier molecular flexibility index (Phi) is 6.82. The van der Waals surface area contributed by atoms with E-state index in [0.717, 1.165) is 0 Å². The van der Waals surface area contributed by atoms with Crippen LogP contribution in [0.2, 0.25) is 0 Å². The molecule has 0 atom stereocenters. The molecule has 0 saturated carbocycles. The van der Waals surface area contributed by atoms with E-state index in [1.165, 1.54) is 0 Å². The van der Waals surface area contributed by atoms with Crippen molar-refractivity contribution in [3.63, 3.8) is 0 Å². The highest BCUT2D eigenvalue weighted by Gasteiger charge is 2.08. The summed E-state index contributed by atoms with van der Waals surface area (Å²) >= 11 is 0. The highest BCUT2D eigenvalue weighted by Crippen LogP contribution is 2.06. The van der Waals surface area contributed by atoms with Crippen molar-refractivity contribution >= 4 is 11.8 Å². The van der Waals surface area contributed by atoms with Gasteiger partial charge in [-0.1, -0.05) is 24.0 Å². The Morgan fingerprint density at radius 1 is 1.30 bits per heavy atom. The summed E-state index contributed by atoms with van der Waals surface area (Å²) in [6.07, 6.45) is 0. The Hall–Kier alpha value is -2.36. The van der Waals surface area contributed by atoms with Gasteiger partial charge in [0.1, 0.15) is 6.61 Å². The van der Waals surface area contributed by atoms with Gasteiger partial charge in [-0.05, 0) is 12.1 Å². The lowest BCUT2D eigenvalue weighted by Crippen LogP contribution is -2.29. The van der Waals surface area contributed by atoms with Crippen LogP contribution in [0, 0.1) is 11.8 Å². The number of nitrogens with two attached hydrogens (primary N) is 2. The quantitative estimate of drug-likeness (QED) is 0.468. The summed E-state index contributed by atoms with van der Waals surface area (Å²) in [4.78, 5) is 22.4. The van der Waals surface area contributed by atoms with Crippen LogP contribution in [-0.2, 0) is 9.53 Å². The Bertz CT molecular complexity index is 532. The number of nitrogens with one attached hydrogen (secondary N) is 1. The molecule has 0 radical (unpaired) electrons. The van der Waals surface area contributed by atoms with E-state index in [0.29, 0.717) is 11.1 Å². The number of amides is 2. The van der Waals surface area contributed by atoms with Gasteiger partial charge in [0.15, 0.2) is 0 Å². The normalized spacial score (nSPS) is 9.45. The van der Waals surface area contributed by atoms with Gasteiger partial charge < -0.3 is 21.5 Å². The summed E-state index contributed by atoms with van der Waals surface area (Å²) in [5.74, 6) is 4.75. The van der Waals surface area contributed by atoms with Gasteiger partial charge in [0.05, 0.1) is 18.7 Å².